The number of nitrogens with one attached hydrogen (secondary N) is 1. The van der Waals surface area contributed by atoms with Gasteiger partial charge in [0, 0.05) is 49.7 Å². The van der Waals surface area contributed by atoms with Crippen LogP contribution in [0.1, 0.15) is 16.8 Å². The van der Waals surface area contributed by atoms with E-state index in [2.05, 4.69) is 33.2 Å². The van der Waals surface area contributed by atoms with Gasteiger partial charge in [-0.05, 0) is 74.8 Å². The second kappa shape index (κ2) is 9.28. The third-order valence-corrected chi connectivity index (χ3v) is 7.08. The molecule has 0 aliphatic carbocycles. The fraction of sp³-hybridized carbons (Fsp3) is 0.333. The van der Waals surface area contributed by atoms with Crippen molar-refractivity contribution in [3.63, 3.8) is 0 Å². The van der Waals surface area contributed by atoms with Crippen LogP contribution in [-0.4, -0.2) is 55.7 Å². The third kappa shape index (κ3) is 4.48. The summed E-state index contributed by atoms with van der Waals surface area (Å²) in [5.74, 6) is 0. The Morgan fingerprint density at radius 1 is 0.971 bits per heavy atom. The van der Waals surface area contributed by atoms with Crippen LogP contribution < -0.4 is 15.1 Å². The first-order valence-electron chi connectivity index (χ1n) is 11.8. The smallest absolute Gasteiger partial charge is 0.326 e. The van der Waals surface area contributed by atoms with Crippen molar-refractivity contribution in [2.75, 3.05) is 54.9 Å². The topological polar surface area (TPSA) is 51.7 Å². The Bertz CT molecular complexity index is 1240. The predicted octanol–water partition coefficient (Wildman–Crippen LogP) is 5.37. The fourth-order valence-corrected chi connectivity index (χ4v) is 5.12. The quantitative estimate of drug-likeness (QED) is 0.553. The second-order valence-corrected chi connectivity index (χ2v) is 9.66. The maximum atomic E-state index is 13.3. The van der Waals surface area contributed by atoms with Gasteiger partial charge >= 0.3 is 6.03 Å². The molecule has 1 saturated heterocycles. The van der Waals surface area contributed by atoms with Crippen molar-refractivity contribution in [1.82, 2.24) is 9.88 Å². The third-order valence-electron chi connectivity index (χ3n) is 6.77. The van der Waals surface area contributed by atoms with Crippen LogP contribution in [0.15, 0.2) is 48.5 Å². The van der Waals surface area contributed by atoms with Gasteiger partial charge in [-0.15, -0.1) is 0 Å². The Balaban J connectivity index is 1.35. The summed E-state index contributed by atoms with van der Waals surface area (Å²) >= 11 is 6.65. The molecule has 0 radical (unpaired) electrons. The van der Waals surface area contributed by atoms with Gasteiger partial charge in [0.25, 0.3) is 0 Å². The van der Waals surface area contributed by atoms with Crippen LogP contribution in [-0.2, 0) is 6.42 Å². The average molecular weight is 476 g/mol. The number of rotatable bonds is 3. The van der Waals surface area contributed by atoms with Gasteiger partial charge in [-0.2, -0.15) is 0 Å². The van der Waals surface area contributed by atoms with Crippen molar-refractivity contribution < 1.29 is 4.79 Å². The summed E-state index contributed by atoms with van der Waals surface area (Å²) in [4.78, 5) is 24.3. The number of aryl methyl sites for hydroxylation is 2. The van der Waals surface area contributed by atoms with Gasteiger partial charge in [0.15, 0.2) is 0 Å². The molecule has 0 atom stereocenters. The molecule has 1 N–H and O–H groups in total. The number of anilines is 3. The lowest BCUT2D eigenvalue weighted by Crippen LogP contribution is -2.44. The Morgan fingerprint density at radius 3 is 2.50 bits per heavy atom. The summed E-state index contributed by atoms with van der Waals surface area (Å²) in [5.41, 5.74) is 7.93. The number of pyridine rings is 1. The number of hydrogen-bond acceptors (Lipinski definition) is 4. The van der Waals surface area contributed by atoms with Gasteiger partial charge in [-0.25, -0.2) is 4.79 Å². The van der Waals surface area contributed by atoms with Gasteiger partial charge in [-0.1, -0.05) is 23.7 Å². The number of benzene rings is 2. The molecule has 6 nitrogen and oxygen atoms in total. The van der Waals surface area contributed by atoms with E-state index in [9.17, 15) is 4.79 Å². The molecular weight excluding hydrogens is 446 g/mol. The van der Waals surface area contributed by atoms with Gasteiger partial charge < -0.3 is 15.1 Å². The lowest BCUT2D eigenvalue weighted by Gasteiger charge is -2.35. The van der Waals surface area contributed by atoms with E-state index in [1.807, 2.05) is 61.2 Å². The van der Waals surface area contributed by atoms with Gasteiger partial charge in [-0.3, -0.25) is 9.88 Å². The number of carbonyl (C=O) groups is 1. The van der Waals surface area contributed by atoms with Crippen LogP contribution >= 0.6 is 11.6 Å². The summed E-state index contributed by atoms with van der Waals surface area (Å²) in [6, 6.07) is 16.0. The predicted molar refractivity (Wildman–Crippen MR) is 140 cm³/mol. The second-order valence-electron chi connectivity index (χ2n) is 9.25. The first-order chi connectivity index (χ1) is 16.4. The molecule has 2 aromatic carbocycles. The average Bonchev–Trinajstić information content (AvgIpc) is 3.22. The molecule has 1 fully saturated rings. The van der Waals surface area contributed by atoms with Crippen LogP contribution in [0.4, 0.5) is 21.9 Å². The largest absolute Gasteiger partial charge is 0.368 e. The highest BCUT2D eigenvalue weighted by Gasteiger charge is 2.28. The minimum absolute atomic E-state index is 0.119. The molecule has 0 saturated carbocycles. The maximum Gasteiger partial charge on any atom is 0.326 e. The van der Waals surface area contributed by atoms with Gasteiger partial charge in [0.2, 0.25) is 0 Å². The first-order valence-corrected chi connectivity index (χ1v) is 12.2. The van der Waals surface area contributed by atoms with E-state index in [-0.39, 0.29) is 6.03 Å². The zero-order valence-corrected chi connectivity index (χ0v) is 20.7. The highest BCUT2D eigenvalue weighted by Crippen LogP contribution is 2.38. The zero-order chi connectivity index (χ0) is 23.8. The molecule has 1 aromatic heterocycles. The summed E-state index contributed by atoms with van der Waals surface area (Å²) in [6.45, 7) is 8.56. The number of urea groups is 1. The normalized spacial score (nSPS) is 16.0. The fourth-order valence-electron chi connectivity index (χ4n) is 4.81. The molecule has 3 heterocycles. The molecule has 0 unspecified atom stereocenters. The number of hydrogen-bond donors (Lipinski definition) is 1. The molecule has 176 valence electrons. The minimum Gasteiger partial charge on any atom is -0.368 e. The number of carbonyl (C=O) groups excluding carboxylic acids is 1. The number of piperazine rings is 1. The molecular formula is C27H30ClN5O. The molecule has 2 aliphatic rings. The maximum absolute atomic E-state index is 13.3. The number of fused-ring (bicyclic) bond motifs is 1. The Morgan fingerprint density at radius 2 is 1.76 bits per heavy atom. The number of likely N-dealkylation sites (N-methyl/N-ethyl adjacent to an activating group) is 1. The van der Waals surface area contributed by atoms with E-state index >= 15 is 0 Å². The standard InChI is InChI=1S/C27H30ClN5O/c1-18-15-21(7-8-22(18)24-6-4-5-19(2)29-24)30-27(34)33-10-9-20-16-23(28)26(17-25(20)33)32-13-11-31(3)12-14-32/h4-8,15-17H,9-14H2,1-3H3,(H,30,34). The van der Waals surface area contributed by atoms with Crippen LogP contribution in [0.2, 0.25) is 5.02 Å². The van der Waals surface area contributed by atoms with Crippen molar-refractivity contribution in [3.8, 4) is 11.3 Å². The lowest BCUT2D eigenvalue weighted by molar-refractivity contribution is 0.257. The van der Waals surface area contributed by atoms with E-state index in [4.69, 9.17) is 11.6 Å². The molecule has 7 heteroatoms. The van der Waals surface area contributed by atoms with Gasteiger partial charge in [0.1, 0.15) is 0 Å². The molecule has 34 heavy (non-hydrogen) atoms. The van der Waals surface area contributed by atoms with Gasteiger partial charge in [0.05, 0.1) is 22.1 Å². The summed E-state index contributed by atoms with van der Waals surface area (Å²) in [6.07, 6.45) is 0.808. The molecule has 3 aromatic rings. The Hall–Kier alpha value is -3.09. The zero-order valence-electron chi connectivity index (χ0n) is 19.9. The Kier molecular flexibility index (Phi) is 6.19. The van der Waals surface area contributed by atoms with E-state index in [1.165, 1.54) is 0 Å². The lowest BCUT2D eigenvalue weighted by atomic mass is 10.0. The highest BCUT2D eigenvalue weighted by atomic mass is 35.5. The molecule has 2 amide bonds. The molecule has 5 rings (SSSR count). The van der Waals surface area contributed by atoms with Crippen molar-refractivity contribution in [3.05, 3.63) is 70.4 Å². The summed E-state index contributed by atoms with van der Waals surface area (Å²) in [7, 11) is 2.14. The SMILES string of the molecule is Cc1cccc(-c2ccc(NC(=O)N3CCc4cc(Cl)c(N5CCN(C)CC5)cc43)cc2C)n1. The monoisotopic (exact) mass is 475 g/mol. The molecule has 0 bridgehead atoms. The van der Waals surface area contributed by atoms with Crippen molar-refractivity contribution in [1.29, 1.82) is 0 Å². The number of aromatic nitrogens is 1. The highest BCUT2D eigenvalue weighted by molar-refractivity contribution is 6.33. The van der Waals surface area contributed by atoms with Crippen LogP contribution in [0.3, 0.4) is 0 Å². The van der Waals surface area contributed by atoms with Crippen molar-refractivity contribution in [2.45, 2.75) is 20.3 Å². The molecule has 2 aliphatic heterocycles. The van der Waals surface area contributed by atoms with Crippen molar-refractivity contribution >= 4 is 34.7 Å². The molecule has 0 spiro atoms. The number of amides is 2. The summed E-state index contributed by atoms with van der Waals surface area (Å²) < 4.78 is 0. The van der Waals surface area contributed by atoms with E-state index in [1.54, 1.807) is 0 Å². The van der Waals surface area contributed by atoms with Crippen LogP contribution in [0.5, 0.6) is 0 Å². The van der Waals surface area contributed by atoms with Crippen molar-refractivity contribution in [2.24, 2.45) is 0 Å². The minimum atomic E-state index is -0.119. The van der Waals surface area contributed by atoms with E-state index in [0.717, 1.165) is 82.8 Å². The first kappa shape index (κ1) is 22.7. The Labute approximate surface area is 206 Å². The number of nitrogens with zero attached hydrogens (tertiary/aromatic N) is 4. The van der Waals surface area contributed by atoms with Crippen LogP contribution in [0.25, 0.3) is 11.3 Å². The van der Waals surface area contributed by atoms with E-state index < -0.39 is 0 Å². The van der Waals surface area contributed by atoms with E-state index in [0.29, 0.717) is 6.54 Å². The number of halogens is 1. The van der Waals surface area contributed by atoms with Crippen LogP contribution in [0, 0.1) is 13.8 Å². The summed E-state index contributed by atoms with van der Waals surface area (Å²) in [5, 5.41) is 3.85.